The van der Waals surface area contributed by atoms with E-state index < -0.39 is 5.97 Å². The molecule has 19 heavy (non-hydrogen) atoms. The molecule has 1 heterocycles. The van der Waals surface area contributed by atoms with E-state index >= 15 is 0 Å². The fraction of sp³-hybridized carbons (Fsp3) is 0.143. The molecule has 0 saturated carbocycles. The Morgan fingerprint density at radius 1 is 1.32 bits per heavy atom. The lowest BCUT2D eigenvalue weighted by Crippen LogP contribution is -2.05. The van der Waals surface area contributed by atoms with Crippen LogP contribution in [0.1, 0.15) is 15.9 Å². The van der Waals surface area contributed by atoms with E-state index in [-0.39, 0.29) is 0 Å². The maximum Gasteiger partial charge on any atom is 0.339 e. The largest absolute Gasteiger partial charge is 0.465 e. The van der Waals surface area contributed by atoms with Crippen LogP contribution < -0.4 is 5.32 Å². The van der Waals surface area contributed by atoms with E-state index in [2.05, 4.69) is 15.0 Å². The molecule has 0 fully saturated rings. The van der Waals surface area contributed by atoms with E-state index in [0.29, 0.717) is 17.1 Å². The third-order valence-corrected chi connectivity index (χ3v) is 2.95. The highest BCUT2D eigenvalue weighted by Crippen LogP contribution is 2.21. The number of halogens is 1. The average molecular weight is 277 g/mol. The number of rotatable bonds is 4. The van der Waals surface area contributed by atoms with Crippen LogP contribution in [0.25, 0.3) is 0 Å². The lowest BCUT2D eigenvalue weighted by atomic mass is 10.2. The fourth-order valence-electron chi connectivity index (χ4n) is 1.61. The molecule has 0 bridgehead atoms. The zero-order valence-electron chi connectivity index (χ0n) is 10.4. The summed E-state index contributed by atoms with van der Waals surface area (Å²) in [6, 6.07) is 9.00. The number of hydrogen-bond donors (Lipinski definition) is 1. The number of ether oxygens (including phenoxy) is 1. The highest BCUT2D eigenvalue weighted by atomic mass is 35.5. The normalized spacial score (nSPS) is 10.0. The van der Waals surface area contributed by atoms with Crippen molar-refractivity contribution in [1.29, 1.82) is 0 Å². The molecule has 0 radical (unpaired) electrons. The molecule has 0 atom stereocenters. The number of aromatic nitrogens is 1. The van der Waals surface area contributed by atoms with Crippen molar-refractivity contribution in [3.63, 3.8) is 0 Å². The van der Waals surface area contributed by atoms with Gasteiger partial charge in [0.2, 0.25) is 0 Å². The summed E-state index contributed by atoms with van der Waals surface area (Å²) < 4.78 is 4.68. The SMILES string of the molecule is COC(=O)c1cc(NCc2ccncc2)ccc1Cl. The first-order chi connectivity index (χ1) is 9.20. The van der Waals surface area contributed by atoms with Gasteiger partial charge in [0, 0.05) is 24.6 Å². The van der Waals surface area contributed by atoms with Gasteiger partial charge in [-0.3, -0.25) is 4.98 Å². The van der Waals surface area contributed by atoms with Crippen LogP contribution in [0.15, 0.2) is 42.7 Å². The second-order valence-electron chi connectivity index (χ2n) is 3.90. The molecular formula is C14H13ClN2O2. The van der Waals surface area contributed by atoms with Crippen LogP contribution in [-0.2, 0) is 11.3 Å². The molecule has 0 aliphatic rings. The van der Waals surface area contributed by atoms with Crippen LogP contribution in [0.2, 0.25) is 5.02 Å². The van der Waals surface area contributed by atoms with Gasteiger partial charge in [0.05, 0.1) is 17.7 Å². The molecule has 0 spiro atoms. The second-order valence-corrected chi connectivity index (χ2v) is 4.30. The Hall–Kier alpha value is -2.07. The van der Waals surface area contributed by atoms with Crippen molar-refractivity contribution >= 4 is 23.3 Å². The summed E-state index contributed by atoms with van der Waals surface area (Å²) in [6.45, 7) is 0.644. The van der Waals surface area contributed by atoms with Gasteiger partial charge >= 0.3 is 5.97 Å². The van der Waals surface area contributed by atoms with Crippen molar-refractivity contribution in [2.75, 3.05) is 12.4 Å². The molecule has 1 aromatic carbocycles. The van der Waals surface area contributed by atoms with Gasteiger partial charge in [0.15, 0.2) is 0 Å². The highest BCUT2D eigenvalue weighted by molar-refractivity contribution is 6.33. The van der Waals surface area contributed by atoms with E-state index in [0.717, 1.165) is 11.3 Å². The van der Waals surface area contributed by atoms with Crippen molar-refractivity contribution in [3.8, 4) is 0 Å². The molecule has 4 nitrogen and oxygen atoms in total. The van der Waals surface area contributed by atoms with Crippen LogP contribution >= 0.6 is 11.6 Å². The molecule has 1 aromatic heterocycles. The molecule has 0 saturated heterocycles. The summed E-state index contributed by atoms with van der Waals surface area (Å²) >= 11 is 5.95. The summed E-state index contributed by atoms with van der Waals surface area (Å²) in [6.07, 6.45) is 3.47. The van der Waals surface area contributed by atoms with Crippen LogP contribution in [-0.4, -0.2) is 18.1 Å². The van der Waals surface area contributed by atoms with E-state index in [1.807, 2.05) is 18.2 Å². The summed E-state index contributed by atoms with van der Waals surface area (Å²) in [7, 11) is 1.33. The minimum atomic E-state index is -0.447. The lowest BCUT2D eigenvalue weighted by Gasteiger charge is -2.09. The number of benzene rings is 1. The standard InChI is InChI=1S/C14H13ClN2O2/c1-19-14(18)12-8-11(2-3-13(12)15)17-9-10-4-6-16-7-5-10/h2-8,17H,9H2,1H3. The molecule has 0 amide bonds. The van der Waals surface area contributed by atoms with E-state index in [9.17, 15) is 4.79 Å². The summed E-state index contributed by atoms with van der Waals surface area (Å²) in [5.74, 6) is -0.447. The van der Waals surface area contributed by atoms with Crippen LogP contribution in [0.3, 0.4) is 0 Å². The first kappa shape index (κ1) is 13.4. The number of anilines is 1. The zero-order valence-corrected chi connectivity index (χ0v) is 11.1. The van der Waals surface area contributed by atoms with Gasteiger partial charge in [-0.25, -0.2) is 4.79 Å². The van der Waals surface area contributed by atoms with Crippen molar-refractivity contribution in [1.82, 2.24) is 4.98 Å². The predicted octanol–water partition coefficient (Wildman–Crippen LogP) is 3.13. The van der Waals surface area contributed by atoms with Gasteiger partial charge in [0.25, 0.3) is 0 Å². The third kappa shape index (κ3) is 3.45. The minimum absolute atomic E-state index is 0.351. The van der Waals surface area contributed by atoms with Gasteiger partial charge in [-0.1, -0.05) is 11.6 Å². The van der Waals surface area contributed by atoms with Gasteiger partial charge in [-0.2, -0.15) is 0 Å². The van der Waals surface area contributed by atoms with E-state index in [4.69, 9.17) is 11.6 Å². The van der Waals surface area contributed by atoms with Crippen molar-refractivity contribution in [2.45, 2.75) is 6.54 Å². The Balaban J connectivity index is 2.11. The van der Waals surface area contributed by atoms with Gasteiger partial charge in [-0.05, 0) is 35.9 Å². The molecule has 2 aromatic rings. The molecular weight excluding hydrogens is 264 g/mol. The van der Waals surface area contributed by atoms with Crippen LogP contribution in [0.5, 0.6) is 0 Å². The minimum Gasteiger partial charge on any atom is -0.465 e. The molecule has 1 N–H and O–H groups in total. The van der Waals surface area contributed by atoms with E-state index in [1.54, 1.807) is 24.5 Å². The maximum atomic E-state index is 11.5. The summed E-state index contributed by atoms with van der Waals surface area (Å²) in [5.41, 5.74) is 2.26. The Kier molecular flexibility index (Phi) is 4.36. The molecule has 2 rings (SSSR count). The van der Waals surface area contributed by atoms with Crippen molar-refractivity contribution in [2.24, 2.45) is 0 Å². The van der Waals surface area contributed by atoms with Crippen molar-refractivity contribution in [3.05, 3.63) is 58.9 Å². The molecule has 0 aliphatic carbocycles. The topological polar surface area (TPSA) is 51.2 Å². The van der Waals surface area contributed by atoms with Gasteiger partial charge in [0.1, 0.15) is 0 Å². The summed E-state index contributed by atoms with van der Waals surface area (Å²) in [4.78, 5) is 15.5. The molecule has 98 valence electrons. The average Bonchev–Trinajstić information content (AvgIpc) is 2.46. The van der Waals surface area contributed by atoms with Crippen molar-refractivity contribution < 1.29 is 9.53 Å². The first-order valence-electron chi connectivity index (χ1n) is 5.71. The van der Waals surface area contributed by atoms with Gasteiger partial charge in [-0.15, -0.1) is 0 Å². The maximum absolute atomic E-state index is 11.5. The molecule has 5 heteroatoms. The summed E-state index contributed by atoms with van der Waals surface area (Å²) in [5, 5.41) is 3.59. The number of methoxy groups -OCH3 is 1. The Labute approximate surface area is 116 Å². The molecule has 0 aliphatic heterocycles. The number of nitrogens with zero attached hydrogens (tertiary/aromatic N) is 1. The number of hydrogen-bond acceptors (Lipinski definition) is 4. The smallest absolute Gasteiger partial charge is 0.339 e. The van der Waals surface area contributed by atoms with E-state index in [1.165, 1.54) is 7.11 Å². The van der Waals surface area contributed by atoms with Crippen LogP contribution in [0, 0.1) is 0 Å². The fourth-order valence-corrected chi connectivity index (χ4v) is 1.80. The number of nitrogens with one attached hydrogen (secondary N) is 1. The predicted molar refractivity (Wildman–Crippen MR) is 74.4 cm³/mol. The van der Waals surface area contributed by atoms with Gasteiger partial charge < -0.3 is 10.1 Å². The Morgan fingerprint density at radius 3 is 2.74 bits per heavy atom. The quantitative estimate of drug-likeness (QED) is 0.872. The number of carbonyl (C=O) groups excluding carboxylic acids is 1. The highest BCUT2D eigenvalue weighted by Gasteiger charge is 2.11. The second kappa shape index (κ2) is 6.20. The Bertz CT molecular complexity index is 573. The number of carbonyl (C=O) groups is 1. The number of esters is 1. The lowest BCUT2D eigenvalue weighted by molar-refractivity contribution is 0.0601. The number of pyridine rings is 1. The Morgan fingerprint density at radius 2 is 2.05 bits per heavy atom. The first-order valence-corrected chi connectivity index (χ1v) is 6.09. The molecule has 0 unspecified atom stereocenters. The third-order valence-electron chi connectivity index (χ3n) is 2.62. The zero-order chi connectivity index (χ0) is 13.7. The van der Waals surface area contributed by atoms with Crippen LogP contribution in [0.4, 0.5) is 5.69 Å². The monoisotopic (exact) mass is 276 g/mol.